The average molecular weight is 364 g/mol. The third kappa shape index (κ3) is 4.13. The Kier molecular flexibility index (Phi) is 5.09. The summed E-state index contributed by atoms with van der Waals surface area (Å²) in [5.74, 6) is 0.945. The second-order valence-electron chi connectivity index (χ2n) is 6.42. The van der Waals surface area contributed by atoms with Crippen LogP contribution in [0.1, 0.15) is 41.7 Å². The molecule has 0 atom stereocenters. The molecule has 7 nitrogen and oxygen atoms in total. The van der Waals surface area contributed by atoms with Crippen molar-refractivity contribution in [1.29, 1.82) is 0 Å². The summed E-state index contributed by atoms with van der Waals surface area (Å²) >= 11 is 0. The molecule has 3 aromatic rings. The molecule has 0 aliphatic heterocycles. The molecule has 1 aliphatic rings. The third-order valence-corrected chi connectivity index (χ3v) is 4.53. The highest BCUT2D eigenvalue weighted by Crippen LogP contribution is 2.23. The maximum atomic E-state index is 12.4. The van der Waals surface area contributed by atoms with Gasteiger partial charge in [0.05, 0.1) is 24.1 Å². The van der Waals surface area contributed by atoms with Gasteiger partial charge in [-0.15, -0.1) is 0 Å². The second kappa shape index (κ2) is 7.99. The van der Waals surface area contributed by atoms with Crippen LogP contribution < -0.4 is 10.1 Å². The molecule has 7 heteroatoms. The zero-order chi connectivity index (χ0) is 18.5. The van der Waals surface area contributed by atoms with Crippen molar-refractivity contribution >= 4 is 5.91 Å². The van der Waals surface area contributed by atoms with E-state index in [0.717, 1.165) is 12.8 Å². The van der Waals surface area contributed by atoms with E-state index in [2.05, 4.69) is 20.3 Å². The molecule has 0 unspecified atom stereocenters. The Hall–Kier alpha value is -3.22. The Balaban J connectivity index is 1.38. The fourth-order valence-corrected chi connectivity index (χ4v) is 3.14. The number of nitrogens with one attached hydrogen (secondary N) is 1. The van der Waals surface area contributed by atoms with Gasteiger partial charge in [0.15, 0.2) is 5.76 Å². The normalized spacial score (nSPS) is 14.2. The number of hydrogen-bond donors (Lipinski definition) is 1. The number of nitrogens with zero attached hydrogens (tertiary/aromatic N) is 3. The summed E-state index contributed by atoms with van der Waals surface area (Å²) in [6.45, 7) is 0.239. The van der Waals surface area contributed by atoms with E-state index in [1.807, 2.05) is 6.07 Å². The topological polar surface area (TPSA) is 90.1 Å². The van der Waals surface area contributed by atoms with E-state index in [-0.39, 0.29) is 18.6 Å². The monoisotopic (exact) mass is 364 g/mol. The van der Waals surface area contributed by atoms with Gasteiger partial charge in [-0.1, -0.05) is 0 Å². The van der Waals surface area contributed by atoms with Crippen molar-refractivity contribution in [2.75, 3.05) is 0 Å². The number of ether oxygens (including phenoxy) is 1. The first kappa shape index (κ1) is 17.2. The predicted octanol–water partition coefficient (Wildman–Crippen LogP) is 3.38. The van der Waals surface area contributed by atoms with Crippen molar-refractivity contribution in [1.82, 2.24) is 20.3 Å². The molecule has 4 rings (SSSR count). The maximum absolute atomic E-state index is 12.4. The minimum Gasteiger partial charge on any atom is -0.474 e. The zero-order valence-corrected chi connectivity index (χ0v) is 14.8. The lowest BCUT2D eigenvalue weighted by Gasteiger charge is -2.12. The zero-order valence-electron chi connectivity index (χ0n) is 14.8. The maximum Gasteiger partial charge on any atom is 0.253 e. The van der Waals surface area contributed by atoms with Crippen molar-refractivity contribution in [2.24, 2.45) is 0 Å². The molecule has 3 heterocycles. The Morgan fingerprint density at radius 1 is 1.15 bits per heavy atom. The van der Waals surface area contributed by atoms with Crippen molar-refractivity contribution < 1.29 is 13.9 Å². The molecule has 1 amide bonds. The Morgan fingerprint density at radius 2 is 2.00 bits per heavy atom. The molecule has 0 radical (unpaired) electrons. The molecule has 138 valence electrons. The largest absolute Gasteiger partial charge is 0.474 e. The number of carbonyl (C=O) groups excluding carboxylic acids is 1. The highest BCUT2D eigenvalue weighted by Gasteiger charge is 2.17. The van der Waals surface area contributed by atoms with Gasteiger partial charge in [-0.05, 0) is 43.9 Å². The number of rotatable bonds is 6. The van der Waals surface area contributed by atoms with Gasteiger partial charge in [0.1, 0.15) is 11.8 Å². The van der Waals surface area contributed by atoms with Crippen LogP contribution in [0.25, 0.3) is 11.5 Å². The van der Waals surface area contributed by atoms with E-state index in [1.54, 1.807) is 36.9 Å². The van der Waals surface area contributed by atoms with E-state index < -0.39 is 0 Å². The molecule has 3 aromatic heterocycles. The van der Waals surface area contributed by atoms with Crippen LogP contribution in [0.15, 0.2) is 53.5 Å². The minimum absolute atomic E-state index is 0.231. The molecule has 0 spiro atoms. The molecule has 0 bridgehead atoms. The van der Waals surface area contributed by atoms with Crippen LogP contribution >= 0.6 is 0 Å². The van der Waals surface area contributed by atoms with Crippen LogP contribution in [-0.2, 0) is 6.54 Å². The third-order valence-electron chi connectivity index (χ3n) is 4.53. The van der Waals surface area contributed by atoms with Crippen molar-refractivity contribution in [3.8, 4) is 17.3 Å². The van der Waals surface area contributed by atoms with Gasteiger partial charge in [0.25, 0.3) is 5.91 Å². The van der Waals surface area contributed by atoms with E-state index in [9.17, 15) is 4.79 Å². The lowest BCUT2D eigenvalue weighted by atomic mass is 10.2. The van der Waals surface area contributed by atoms with E-state index in [0.29, 0.717) is 28.6 Å². The smallest absolute Gasteiger partial charge is 0.253 e. The number of carbonyl (C=O) groups is 1. The standard InChI is InChI=1S/C20H20N4O3/c25-20(14-7-8-18(23-12-14)27-15-4-1-2-5-15)24-13-16-19(22-10-9-21-16)17-6-3-11-26-17/h3,6-12,15H,1-2,4-5,13H2,(H,24,25). The number of aromatic nitrogens is 3. The molecule has 1 fully saturated rings. The van der Waals surface area contributed by atoms with Crippen LogP contribution in [0.4, 0.5) is 0 Å². The molecule has 1 saturated carbocycles. The Labute approximate surface area is 156 Å². The molecule has 0 aromatic carbocycles. The number of furan rings is 1. The van der Waals surface area contributed by atoms with Gasteiger partial charge in [-0.25, -0.2) is 9.97 Å². The lowest BCUT2D eigenvalue weighted by molar-refractivity contribution is 0.0950. The highest BCUT2D eigenvalue weighted by molar-refractivity contribution is 5.93. The number of pyridine rings is 1. The average Bonchev–Trinajstić information content (AvgIpc) is 3.41. The molecule has 1 N–H and O–H groups in total. The van der Waals surface area contributed by atoms with E-state index >= 15 is 0 Å². The SMILES string of the molecule is O=C(NCc1nccnc1-c1ccco1)c1ccc(OC2CCCC2)nc1. The summed E-state index contributed by atoms with van der Waals surface area (Å²) in [6.07, 6.45) is 11.1. The van der Waals surface area contributed by atoms with Crippen molar-refractivity contribution in [2.45, 2.75) is 38.3 Å². The lowest BCUT2D eigenvalue weighted by Crippen LogP contribution is -2.24. The van der Waals surface area contributed by atoms with Crippen LogP contribution in [-0.4, -0.2) is 27.0 Å². The van der Waals surface area contributed by atoms with E-state index in [4.69, 9.17) is 9.15 Å². The highest BCUT2D eigenvalue weighted by atomic mass is 16.5. The quantitative estimate of drug-likeness (QED) is 0.721. The summed E-state index contributed by atoms with van der Waals surface area (Å²) in [5, 5.41) is 2.85. The van der Waals surface area contributed by atoms with Gasteiger partial charge < -0.3 is 14.5 Å². The summed E-state index contributed by atoms with van der Waals surface area (Å²) in [4.78, 5) is 25.3. The van der Waals surface area contributed by atoms with Gasteiger partial charge in [-0.2, -0.15) is 0 Å². The van der Waals surface area contributed by atoms with Crippen LogP contribution in [0.5, 0.6) is 5.88 Å². The summed E-state index contributed by atoms with van der Waals surface area (Å²) in [7, 11) is 0. The predicted molar refractivity (Wildman–Crippen MR) is 98.0 cm³/mol. The van der Waals surface area contributed by atoms with Crippen LogP contribution in [0.3, 0.4) is 0 Å². The first-order chi connectivity index (χ1) is 13.3. The molecular formula is C20H20N4O3. The van der Waals surface area contributed by atoms with Gasteiger partial charge in [0.2, 0.25) is 5.88 Å². The molecule has 0 saturated heterocycles. The molecule has 27 heavy (non-hydrogen) atoms. The first-order valence-electron chi connectivity index (χ1n) is 9.04. The molecular weight excluding hydrogens is 344 g/mol. The number of hydrogen-bond acceptors (Lipinski definition) is 6. The number of amides is 1. The molecule has 1 aliphatic carbocycles. The van der Waals surface area contributed by atoms with Gasteiger partial charge in [-0.3, -0.25) is 9.78 Å². The van der Waals surface area contributed by atoms with Gasteiger partial charge in [0, 0.05) is 24.7 Å². The Bertz CT molecular complexity index is 888. The van der Waals surface area contributed by atoms with E-state index in [1.165, 1.54) is 19.0 Å². The summed E-state index contributed by atoms with van der Waals surface area (Å²) < 4.78 is 11.2. The van der Waals surface area contributed by atoms with Crippen molar-refractivity contribution in [3.63, 3.8) is 0 Å². The van der Waals surface area contributed by atoms with Crippen LogP contribution in [0.2, 0.25) is 0 Å². The fourth-order valence-electron chi connectivity index (χ4n) is 3.14. The first-order valence-corrected chi connectivity index (χ1v) is 9.04. The van der Waals surface area contributed by atoms with Crippen LogP contribution in [0, 0.1) is 0 Å². The minimum atomic E-state index is -0.231. The summed E-state index contributed by atoms with van der Waals surface area (Å²) in [6, 6.07) is 7.05. The fraction of sp³-hybridized carbons (Fsp3) is 0.300. The Morgan fingerprint density at radius 3 is 2.74 bits per heavy atom. The summed E-state index contributed by atoms with van der Waals surface area (Å²) in [5.41, 5.74) is 1.72. The van der Waals surface area contributed by atoms with Gasteiger partial charge >= 0.3 is 0 Å². The van der Waals surface area contributed by atoms with Crippen molar-refractivity contribution in [3.05, 3.63) is 60.4 Å². The second-order valence-corrected chi connectivity index (χ2v) is 6.42.